The van der Waals surface area contributed by atoms with E-state index in [9.17, 15) is 18.0 Å². The maximum Gasteiger partial charge on any atom is 0.283 e. The van der Waals surface area contributed by atoms with Gasteiger partial charge in [0, 0.05) is 35.1 Å². The Bertz CT molecular complexity index is 1530. The lowest BCUT2D eigenvalue weighted by Gasteiger charge is -2.08. The van der Waals surface area contributed by atoms with Crippen LogP contribution in [-0.4, -0.2) is 37.2 Å². The van der Waals surface area contributed by atoms with Crippen molar-refractivity contribution in [3.05, 3.63) is 95.8 Å². The predicted octanol–water partition coefficient (Wildman–Crippen LogP) is 4.18. The van der Waals surface area contributed by atoms with Crippen molar-refractivity contribution in [3.63, 3.8) is 0 Å². The van der Waals surface area contributed by atoms with Gasteiger partial charge in [0.25, 0.3) is 21.8 Å². The van der Waals surface area contributed by atoms with Crippen molar-refractivity contribution in [1.29, 1.82) is 0 Å². The van der Waals surface area contributed by atoms with Crippen molar-refractivity contribution in [2.75, 3.05) is 7.05 Å². The summed E-state index contributed by atoms with van der Waals surface area (Å²) in [4.78, 5) is 31.9. The standard InChI is InChI=1S/C25H19N3O4S2/c1-28-15-18-13-17(8-9-20(18)25(28)30)23-11-10-22(33-23)16-5-4-6-19(14-16)34(31,32)27-24(29)21-7-2-3-12-26-21/h2-14H,15H2,1H3,(H,27,29). The normalized spacial score (nSPS) is 13.1. The van der Waals surface area contributed by atoms with Crippen molar-refractivity contribution in [2.24, 2.45) is 0 Å². The third-order valence-corrected chi connectivity index (χ3v) is 8.05. The molecule has 0 fully saturated rings. The summed E-state index contributed by atoms with van der Waals surface area (Å²) in [6.07, 6.45) is 1.42. The van der Waals surface area contributed by atoms with E-state index < -0.39 is 15.9 Å². The molecule has 0 spiro atoms. The Balaban J connectivity index is 1.40. The van der Waals surface area contributed by atoms with Crippen LogP contribution in [0.5, 0.6) is 0 Å². The van der Waals surface area contributed by atoms with Crippen LogP contribution >= 0.6 is 11.3 Å². The number of hydrogen-bond acceptors (Lipinski definition) is 6. The second-order valence-electron chi connectivity index (χ2n) is 7.87. The lowest BCUT2D eigenvalue weighted by Crippen LogP contribution is -2.31. The first-order valence-electron chi connectivity index (χ1n) is 10.4. The van der Waals surface area contributed by atoms with Gasteiger partial charge in [0.2, 0.25) is 0 Å². The van der Waals surface area contributed by atoms with Crippen LogP contribution in [0.2, 0.25) is 0 Å². The number of fused-ring (bicyclic) bond motifs is 1. The second-order valence-corrected chi connectivity index (χ2v) is 10.6. The van der Waals surface area contributed by atoms with Crippen molar-refractivity contribution in [1.82, 2.24) is 14.6 Å². The van der Waals surface area contributed by atoms with Gasteiger partial charge in [-0.05, 0) is 65.2 Å². The van der Waals surface area contributed by atoms with Crippen LogP contribution in [0.1, 0.15) is 26.4 Å². The molecule has 0 saturated heterocycles. The highest BCUT2D eigenvalue weighted by Crippen LogP contribution is 2.36. The predicted molar refractivity (Wildman–Crippen MR) is 130 cm³/mol. The van der Waals surface area contributed by atoms with Gasteiger partial charge >= 0.3 is 0 Å². The van der Waals surface area contributed by atoms with Crippen molar-refractivity contribution in [3.8, 4) is 20.9 Å². The number of amides is 2. The Labute approximate surface area is 200 Å². The van der Waals surface area contributed by atoms with Gasteiger partial charge < -0.3 is 4.90 Å². The molecule has 4 aromatic rings. The maximum absolute atomic E-state index is 12.8. The monoisotopic (exact) mass is 489 g/mol. The molecule has 1 N–H and O–H groups in total. The molecule has 0 unspecified atom stereocenters. The average Bonchev–Trinajstić information content (AvgIpc) is 3.44. The number of sulfonamides is 1. The van der Waals surface area contributed by atoms with Crippen LogP contribution in [0.15, 0.2) is 83.9 Å². The van der Waals surface area contributed by atoms with Gasteiger partial charge in [0.1, 0.15) is 5.69 Å². The molecule has 0 saturated carbocycles. The minimum absolute atomic E-state index is 0.0108. The zero-order valence-electron chi connectivity index (χ0n) is 18.1. The molecule has 0 aliphatic carbocycles. The van der Waals surface area contributed by atoms with E-state index in [1.54, 1.807) is 36.2 Å². The number of aromatic nitrogens is 1. The SMILES string of the molecule is CN1Cc2cc(-c3ccc(-c4cccc(S(=O)(=O)NC(=O)c5ccccn5)c4)s3)ccc2C1=O. The summed E-state index contributed by atoms with van der Waals surface area (Å²) in [6.45, 7) is 0.588. The lowest BCUT2D eigenvalue weighted by molar-refractivity contribution is 0.0816. The number of hydrogen-bond donors (Lipinski definition) is 1. The number of rotatable bonds is 5. The highest BCUT2D eigenvalue weighted by molar-refractivity contribution is 7.90. The van der Waals surface area contributed by atoms with Gasteiger partial charge in [-0.3, -0.25) is 14.6 Å². The molecule has 1 aliphatic heterocycles. The second kappa shape index (κ2) is 8.51. The number of carbonyl (C=O) groups is 2. The third-order valence-electron chi connectivity index (χ3n) is 5.53. The zero-order valence-corrected chi connectivity index (χ0v) is 19.7. The Morgan fingerprint density at radius 3 is 2.47 bits per heavy atom. The summed E-state index contributed by atoms with van der Waals surface area (Å²) in [6, 6.07) is 20.9. The quantitative estimate of drug-likeness (QED) is 0.454. The number of thiophene rings is 1. The van der Waals surface area contributed by atoms with Crippen molar-refractivity contribution >= 4 is 33.2 Å². The third kappa shape index (κ3) is 4.11. The first-order valence-corrected chi connectivity index (χ1v) is 12.7. The minimum atomic E-state index is -4.07. The number of benzene rings is 2. The summed E-state index contributed by atoms with van der Waals surface area (Å²) in [5.41, 5.74) is 3.47. The first kappa shape index (κ1) is 22.0. The number of carbonyl (C=O) groups excluding carboxylic acids is 2. The summed E-state index contributed by atoms with van der Waals surface area (Å²) in [7, 11) is -2.29. The van der Waals surface area contributed by atoms with Crippen LogP contribution < -0.4 is 4.72 Å². The fraction of sp³-hybridized carbons (Fsp3) is 0.0800. The first-order chi connectivity index (χ1) is 16.3. The Hall–Kier alpha value is -3.82. The molecule has 9 heteroatoms. The van der Waals surface area contributed by atoms with Gasteiger partial charge in [0.05, 0.1) is 4.90 Å². The van der Waals surface area contributed by atoms with Gasteiger partial charge in [-0.1, -0.05) is 24.3 Å². The fourth-order valence-corrected chi connectivity index (χ4v) is 5.82. The molecule has 2 aromatic heterocycles. The van der Waals surface area contributed by atoms with Crippen LogP contribution in [0.3, 0.4) is 0 Å². The molecular formula is C25H19N3O4S2. The molecule has 34 heavy (non-hydrogen) atoms. The molecule has 1 aliphatic rings. The Morgan fingerprint density at radius 2 is 1.74 bits per heavy atom. The molecule has 0 bridgehead atoms. The van der Waals surface area contributed by atoms with Crippen LogP contribution in [0.4, 0.5) is 0 Å². The summed E-state index contributed by atoms with van der Waals surface area (Å²) < 4.78 is 27.7. The van der Waals surface area contributed by atoms with Crippen LogP contribution in [-0.2, 0) is 16.6 Å². The van der Waals surface area contributed by atoms with Gasteiger partial charge in [-0.15, -0.1) is 11.3 Å². The number of nitrogens with zero attached hydrogens (tertiary/aromatic N) is 2. The fourth-order valence-electron chi connectivity index (χ4n) is 3.81. The van der Waals surface area contributed by atoms with Crippen LogP contribution in [0, 0.1) is 0 Å². The lowest BCUT2D eigenvalue weighted by atomic mass is 10.1. The van der Waals surface area contributed by atoms with Gasteiger partial charge in [-0.25, -0.2) is 13.1 Å². The summed E-state index contributed by atoms with van der Waals surface area (Å²) in [5, 5.41) is 0. The molecule has 2 aromatic carbocycles. The van der Waals surface area contributed by atoms with E-state index in [-0.39, 0.29) is 16.5 Å². The average molecular weight is 490 g/mol. The van der Waals surface area contributed by atoms with E-state index in [1.807, 2.05) is 36.4 Å². The summed E-state index contributed by atoms with van der Waals surface area (Å²) >= 11 is 1.53. The number of pyridine rings is 1. The number of nitrogens with one attached hydrogen (secondary N) is 1. The highest BCUT2D eigenvalue weighted by Gasteiger charge is 2.25. The smallest absolute Gasteiger partial charge is 0.283 e. The van der Waals surface area contributed by atoms with Gasteiger partial charge in [-0.2, -0.15) is 0 Å². The van der Waals surface area contributed by atoms with Crippen molar-refractivity contribution in [2.45, 2.75) is 11.4 Å². The largest absolute Gasteiger partial charge is 0.337 e. The molecule has 0 atom stereocenters. The van der Waals surface area contributed by atoms with E-state index in [2.05, 4.69) is 9.71 Å². The Kier molecular flexibility index (Phi) is 5.51. The molecule has 5 rings (SSSR count). The molecule has 0 radical (unpaired) electrons. The molecule has 3 heterocycles. The van der Waals surface area contributed by atoms with Gasteiger partial charge in [0.15, 0.2) is 0 Å². The van der Waals surface area contributed by atoms with E-state index >= 15 is 0 Å². The molecular weight excluding hydrogens is 470 g/mol. The molecule has 7 nitrogen and oxygen atoms in total. The van der Waals surface area contributed by atoms with E-state index in [0.29, 0.717) is 6.54 Å². The highest BCUT2D eigenvalue weighted by atomic mass is 32.2. The Morgan fingerprint density at radius 1 is 0.971 bits per heavy atom. The van der Waals surface area contributed by atoms with Crippen LogP contribution in [0.25, 0.3) is 20.9 Å². The maximum atomic E-state index is 12.8. The molecule has 2 amide bonds. The molecule has 170 valence electrons. The zero-order chi connectivity index (χ0) is 23.9. The summed E-state index contributed by atoms with van der Waals surface area (Å²) in [5.74, 6) is -0.758. The van der Waals surface area contributed by atoms with E-state index in [4.69, 9.17) is 0 Å². The van der Waals surface area contributed by atoms with Crippen molar-refractivity contribution < 1.29 is 18.0 Å². The van der Waals surface area contributed by atoms with E-state index in [1.165, 1.54) is 29.7 Å². The topological polar surface area (TPSA) is 96.4 Å². The minimum Gasteiger partial charge on any atom is -0.337 e. The van der Waals surface area contributed by atoms with E-state index in [0.717, 1.165) is 32.0 Å².